The van der Waals surface area contributed by atoms with Crippen LogP contribution in [0.1, 0.15) is 12.6 Å². The van der Waals surface area contributed by atoms with Crippen LogP contribution in [0.4, 0.5) is 0 Å². The zero-order valence-electron chi connectivity index (χ0n) is 14.3. The van der Waals surface area contributed by atoms with Crippen molar-refractivity contribution in [1.82, 2.24) is 19.6 Å². The SMILES string of the molecule is Cc1nc2ccccc2n2c(-c3cc(OC[C@H](C)O)ccc3Cl)nnc12. The fourth-order valence-electron chi connectivity index (χ4n) is 2.88. The van der Waals surface area contributed by atoms with Crippen molar-refractivity contribution in [2.75, 3.05) is 6.61 Å². The average Bonchev–Trinajstić information content (AvgIpc) is 3.07. The summed E-state index contributed by atoms with van der Waals surface area (Å²) in [6.07, 6.45) is -0.555. The lowest BCUT2D eigenvalue weighted by Gasteiger charge is -2.11. The van der Waals surface area contributed by atoms with Gasteiger partial charge in [0.1, 0.15) is 12.4 Å². The third-order valence-electron chi connectivity index (χ3n) is 4.07. The van der Waals surface area contributed by atoms with Crippen LogP contribution in [0.5, 0.6) is 5.75 Å². The molecule has 0 radical (unpaired) electrons. The number of ether oxygens (including phenoxy) is 1. The van der Waals surface area contributed by atoms with Crippen LogP contribution in [0.3, 0.4) is 0 Å². The van der Waals surface area contributed by atoms with Crippen molar-refractivity contribution in [3.8, 4) is 17.1 Å². The summed E-state index contributed by atoms with van der Waals surface area (Å²) in [7, 11) is 0. The molecule has 0 aliphatic heterocycles. The van der Waals surface area contributed by atoms with Gasteiger partial charge in [-0.3, -0.25) is 4.40 Å². The molecule has 2 heterocycles. The molecule has 0 bridgehead atoms. The number of aryl methyl sites for hydroxylation is 1. The van der Waals surface area contributed by atoms with Crippen LogP contribution in [0, 0.1) is 6.92 Å². The van der Waals surface area contributed by atoms with Gasteiger partial charge in [0.2, 0.25) is 0 Å². The summed E-state index contributed by atoms with van der Waals surface area (Å²) in [6.45, 7) is 3.78. The lowest BCUT2D eigenvalue weighted by Crippen LogP contribution is -2.12. The number of aliphatic hydroxyl groups is 1. The number of hydrogen-bond donors (Lipinski definition) is 1. The van der Waals surface area contributed by atoms with Gasteiger partial charge in [-0.25, -0.2) is 4.98 Å². The molecule has 1 atom stereocenters. The Hall–Kier alpha value is -2.70. The molecule has 26 heavy (non-hydrogen) atoms. The van der Waals surface area contributed by atoms with Gasteiger partial charge < -0.3 is 9.84 Å². The predicted molar refractivity (Wildman–Crippen MR) is 101 cm³/mol. The molecule has 2 aromatic carbocycles. The van der Waals surface area contributed by atoms with Crippen LogP contribution >= 0.6 is 11.6 Å². The van der Waals surface area contributed by atoms with E-state index in [4.69, 9.17) is 16.3 Å². The molecule has 0 aliphatic carbocycles. The summed E-state index contributed by atoms with van der Waals surface area (Å²) in [5.74, 6) is 1.23. The zero-order chi connectivity index (χ0) is 18.3. The van der Waals surface area contributed by atoms with E-state index in [1.165, 1.54) is 0 Å². The minimum absolute atomic E-state index is 0.202. The first-order chi connectivity index (χ1) is 12.5. The number of para-hydroxylation sites is 2. The van der Waals surface area contributed by atoms with Gasteiger partial charge in [-0.1, -0.05) is 23.7 Å². The Labute approximate surface area is 155 Å². The van der Waals surface area contributed by atoms with Crippen molar-refractivity contribution in [1.29, 1.82) is 0 Å². The summed E-state index contributed by atoms with van der Waals surface area (Å²) in [5.41, 5.74) is 3.94. The second-order valence-corrected chi connectivity index (χ2v) is 6.58. The molecule has 0 aliphatic rings. The molecular formula is C19H17ClN4O2. The fourth-order valence-corrected chi connectivity index (χ4v) is 3.08. The highest BCUT2D eigenvalue weighted by Gasteiger charge is 2.17. The maximum atomic E-state index is 9.43. The molecule has 0 saturated heterocycles. The number of halogens is 1. The van der Waals surface area contributed by atoms with Crippen LogP contribution < -0.4 is 4.74 Å². The minimum atomic E-state index is -0.555. The standard InChI is InChI=1S/C19H17ClN4O2/c1-11(25)10-26-13-7-8-15(20)14(9-13)19-23-22-18-12(2)21-16-5-3-4-6-17(16)24(18)19/h3-9,11,25H,10H2,1-2H3/t11-/m0/s1. The number of benzene rings is 2. The third-order valence-corrected chi connectivity index (χ3v) is 4.40. The molecule has 132 valence electrons. The van der Waals surface area contributed by atoms with Crippen molar-refractivity contribution in [3.63, 3.8) is 0 Å². The van der Waals surface area contributed by atoms with E-state index in [0.717, 1.165) is 16.7 Å². The molecule has 0 unspecified atom stereocenters. The van der Waals surface area contributed by atoms with Crippen molar-refractivity contribution in [2.45, 2.75) is 20.0 Å². The quantitative estimate of drug-likeness (QED) is 0.595. The normalized spacial score (nSPS) is 12.6. The van der Waals surface area contributed by atoms with E-state index in [2.05, 4.69) is 15.2 Å². The third kappa shape index (κ3) is 2.87. The smallest absolute Gasteiger partial charge is 0.183 e. The van der Waals surface area contributed by atoms with Gasteiger partial charge in [0.25, 0.3) is 0 Å². The summed E-state index contributed by atoms with van der Waals surface area (Å²) in [4.78, 5) is 4.59. The summed E-state index contributed by atoms with van der Waals surface area (Å²) >= 11 is 6.44. The first-order valence-corrected chi connectivity index (χ1v) is 8.63. The van der Waals surface area contributed by atoms with Crippen LogP contribution in [-0.4, -0.2) is 37.4 Å². The van der Waals surface area contributed by atoms with Crippen LogP contribution in [-0.2, 0) is 0 Å². The Morgan fingerprint density at radius 3 is 2.81 bits per heavy atom. The molecule has 0 saturated carbocycles. The van der Waals surface area contributed by atoms with Crippen LogP contribution in [0.25, 0.3) is 28.1 Å². The highest BCUT2D eigenvalue weighted by atomic mass is 35.5. The first-order valence-electron chi connectivity index (χ1n) is 8.26. The van der Waals surface area contributed by atoms with E-state index < -0.39 is 6.10 Å². The van der Waals surface area contributed by atoms with Crippen LogP contribution in [0.2, 0.25) is 5.02 Å². The number of rotatable bonds is 4. The van der Waals surface area contributed by atoms with E-state index in [0.29, 0.717) is 27.8 Å². The molecule has 2 aromatic heterocycles. The van der Waals surface area contributed by atoms with Gasteiger partial charge in [0, 0.05) is 5.56 Å². The van der Waals surface area contributed by atoms with E-state index >= 15 is 0 Å². The molecule has 7 heteroatoms. The Kier molecular flexibility index (Phi) is 4.22. The maximum absolute atomic E-state index is 9.43. The summed E-state index contributed by atoms with van der Waals surface area (Å²) in [5, 5.41) is 18.6. The van der Waals surface area contributed by atoms with Crippen molar-refractivity contribution in [2.24, 2.45) is 0 Å². The molecular weight excluding hydrogens is 352 g/mol. The predicted octanol–water partition coefficient (Wildman–Crippen LogP) is 3.67. The van der Waals surface area contributed by atoms with E-state index in [9.17, 15) is 5.11 Å². The minimum Gasteiger partial charge on any atom is -0.491 e. The number of aromatic nitrogens is 4. The van der Waals surface area contributed by atoms with E-state index in [1.54, 1.807) is 19.1 Å². The maximum Gasteiger partial charge on any atom is 0.183 e. The molecule has 1 N–H and O–H groups in total. The van der Waals surface area contributed by atoms with E-state index in [1.807, 2.05) is 41.7 Å². The second-order valence-electron chi connectivity index (χ2n) is 6.17. The largest absolute Gasteiger partial charge is 0.491 e. The lowest BCUT2D eigenvalue weighted by atomic mass is 10.2. The zero-order valence-corrected chi connectivity index (χ0v) is 15.1. The highest BCUT2D eigenvalue weighted by molar-refractivity contribution is 6.33. The molecule has 4 aromatic rings. The Balaban J connectivity index is 1.93. The number of nitrogens with zero attached hydrogens (tertiary/aromatic N) is 4. The van der Waals surface area contributed by atoms with E-state index in [-0.39, 0.29) is 6.61 Å². The molecule has 6 nitrogen and oxygen atoms in total. The number of aliphatic hydroxyl groups excluding tert-OH is 1. The average molecular weight is 369 g/mol. The summed E-state index contributed by atoms with van der Waals surface area (Å²) < 4.78 is 7.56. The second kappa shape index (κ2) is 6.55. The highest BCUT2D eigenvalue weighted by Crippen LogP contribution is 2.32. The molecule has 0 fully saturated rings. The Morgan fingerprint density at radius 1 is 1.19 bits per heavy atom. The van der Waals surface area contributed by atoms with Crippen molar-refractivity contribution >= 4 is 28.3 Å². The van der Waals surface area contributed by atoms with Crippen molar-refractivity contribution < 1.29 is 9.84 Å². The summed E-state index contributed by atoms with van der Waals surface area (Å²) in [6, 6.07) is 13.2. The Morgan fingerprint density at radius 2 is 2.00 bits per heavy atom. The van der Waals surface area contributed by atoms with Crippen LogP contribution in [0.15, 0.2) is 42.5 Å². The topological polar surface area (TPSA) is 72.5 Å². The first kappa shape index (κ1) is 16.8. The van der Waals surface area contributed by atoms with Crippen molar-refractivity contribution in [3.05, 3.63) is 53.2 Å². The van der Waals surface area contributed by atoms with Gasteiger partial charge in [-0.2, -0.15) is 0 Å². The van der Waals surface area contributed by atoms with Gasteiger partial charge in [0.15, 0.2) is 11.5 Å². The fraction of sp³-hybridized carbons (Fsp3) is 0.211. The lowest BCUT2D eigenvalue weighted by molar-refractivity contribution is 0.123. The van der Waals surface area contributed by atoms with Gasteiger partial charge in [-0.15, -0.1) is 10.2 Å². The van der Waals surface area contributed by atoms with Gasteiger partial charge >= 0.3 is 0 Å². The number of hydrogen-bond acceptors (Lipinski definition) is 5. The molecule has 0 amide bonds. The number of fused-ring (bicyclic) bond motifs is 3. The molecule has 4 rings (SSSR count). The Bertz CT molecular complexity index is 1110. The van der Waals surface area contributed by atoms with Gasteiger partial charge in [0.05, 0.1) is 27.9 Å². The molecule has 0 spiro atoms. The monoisotopic (exact) mass is 368 g/mol. The van der Waals surface area contributed by atoms with Gasteiger partial charge in [-0.05, 0) is 44.2 Å².